The van der Waals surface area contributed by atoms with Crippen LogP contribution in [0.25, 0.3) is 0 Å². The molecule has 5 aliphatic rings. The molecule has 0 amide bonds. The predicted octanol–water partition coefficient (Wildman–Crippen LogP) is -2.01. The van der Waals surface area contributed by atoms with Crippen LogP contribution in [0, 0.1) is 11.8 Å². The van der Waals surface area contributed by atoms with E-state index < -0.39 is 0 Å². The topological polar surface area (TPSA) is 87.0 Å². The third-order valence-electron chi connectivity index (χ3n) is 8.49. The molecule has 8 atom stereocenters. The zero-order chi connectivity index (χ0) is 20.3. The van der Waals surface area contributed by atoms with Gasteiger partial charge in [-0.15, -0.1) is 0 Å². The van der Waals surface area contributed by atoms with Gasteiger partial charge in [0, 0.05) is 44.2 Å². The maximum atomic E-state index is 10.4. The second-order valence-corrected chi connectivity index (χ2v) is 10.3. The number of hydroxylamine groups is 1. The molecular weight excluding hydrogens is 382 g/mol. The lowest BCUT2D eigenvalue weighted by Gasteiger charge is -2.37. The van der Waals surface area contributed by atoms with Crippen molar-refractivity contribution >= 4 is 0 Å². The van der Waals surface area contributed by atoms with Crippen molar-refractivity contribution in [1.82, 2.24) is 15.7 Å². The van der Waals surface area contributed by atoms with E-state index in [0.717, 1.165) is 45.8 Å². The number of nitrogens with two attached hydrogens (primary N) is 1. The van der Waals surface area contributed by atoms with Gasteiger partial charge in [0.25, 0.3) is 0 Å². The van der Waals surface area contributed by atoms with Crippen LogP contribution in [0.3, 0.4) is 0 Å². The van der Waals surface area contributed by atoms with Crippen molar-refractivity contribution in [1.29, 1.82) is 0 Å². The Morgan fingerprint density at radius 3 is 2.70 bits per heavy atom. The normalized spacial score (nSPS) is 46.3. The number of aliphatic hydroxyl groups is 1. The van der Waals surface area contributed by atoms with Crippen LogP contribution in [0.1, 0.15) is 51.4 Å². The van der Waals surface area contributed by atoms with Crippen molar-refractivity contribution < 1.29 is 24.9 Å². The number of nitrogens with zero attached hydrogens (tertiary/aromatic N) is 1. The van der Waals surface area contributed by atoms with Gasteiger partial charge in [0.15, 0.2) is 6.23 Å². The van der Waals surface area contributed by atoms with Crippen molar-refractivity contribution in [2.24, 2.45) is 11.8 Å². The standard InChI is InChI=1S/C22H41N5O3/c28-19-6-2-1-4-17(19)15-27-9-3-5-18(27)22-24-21(25-30-22)16-7-8-20(23-14-16)26-10-12-29-13-11-26/h16-25,28H,1-15H2/p+2. The number of ether oxygens (including phenoxy) is 1. The number of hydrogen-bond donors (Lipinski definition) is 5. The summed E-state index contributed by atoms with van der Waals surface area (Å²) in [4.78, 5) is 10.3. The van der Waals surface area contributed by atoms with Crippen LogP contribution in [0.4, 0.5) is 0 Å². The molecule has 30 heavy (non-hydrogen) atoms. The lowest BCUT2D eigenvalue weighted by molar-refractivity contribution is -0.920. The molecule has 0 radical (unpaired) electrons. The molecule has 0 aromatic carbocycles. The molecule has 0 aromatic heterocycles. The molecule has 1 saturated carbocycles. The first kappa shape index (κ1) is 21.5. The van der Waals surface area contributed by atoms with Gasteiger partial charge in [-0.25, -0.2) is 4.90 Å². The Balaban J connectivity index is 1.09. The minimum Gasteiger partial charge on any atom is -0.393 e. The van der Waals surface area contributed by atoms with Gasteiger partial charge >= 0.3 is 0 Å². The van der Waals surface area contributed by atoms with Gasteiger partial charge in [-0.3, -0.25) is 10.2 Å². The van der Waals surface area contributed by atoms with Gasteiger partial charge in [0.2, 0.25) is 0 Å². The van der Waals surface area contributed by atoms with E-state index in [1.54, 1.807) is 4.90 Å². The summed E-state index contributed by atoms with van der Waals surface area (Å²) < 4.78 is 5.51. The highest BCUT2D eigenvalue weighted by Crippen LogP contribution is 2.24. The van der Waals surface area contributed by atoms with Crippen LogP contribution in [0.5, 0.6) is 0 Å². The largest absolute Gasteiger partial charge is 0.393 e. The molecule has 5 fully saturated rings. The highest BCUT2D eigenvalue weighted by molar-refractivity contribution is 4.85. The molecule has 0 spiro atoms. The average Bonchev–Trinajstić information content (AvgIpc) is 3.46. The Morgan fingerprint density at radius 2 is 1.90 bits per heavy atom. The highest BCUT2D eigenvalue weighted by atomic mass is 16.7. The smallest absolute Gasteiger partial charge is 0.183 e. The molecule has 8 nitrogen and oxygen atoms in total. The zero-order valence-corrected chi connectivity index (χ0v) is 18.4. The first-order valence-corrected chi connectivity index (χ1v) is 12.6. The predicted molar refractivity (Wildman–Crippen MR) is 112 cm³/mol. The lowest BCUT2D eigenvalue weighted by atomic mass is 9.86. The first-order chi connectivity index (χ1) is 14.8. The van der Waals surface area contributed by atoms with E-state index in [-0.39, 0.29) is 18.5 Å². The fraction of sp³-hybridized carbons (Fsp3) is 1.00. The number of aliphatic hydroxyl groups excluding tert-OH is 1. The van der Waals surface area contributed by atoms with Gasteiger partial charge in [-0.2, -0.15) is 5.48 Å². The van der Waals surface area contributed by atoms with Gasteiger partial charge in [0.1, 0.15) is 12.2 Å². The summed E-state index contributed by atoms with van der Waals surface area (Å²) in [5.41, 5.74) is 3.35. The number of rotatable bonds is 5. The molecular formula is C22H43N5O3+2. The summed E-state index contributed by atoms with van der Waals surface area (Å²) in [6.07, 6.45) is 10.5. The number of nitrogens with one attached hydrogen (secondary N) is 3. The number of quaternary nitrogens is 2. The number of likely N-dealkylation sites (tertiary alicyclic amines) is 1. The maximum absolute atomic E-state index is 10.4. The van der Waals surface area contributed by atoms with Crippen LogP contribution < -0.4 is 21.0 Å². The third-order valence-corrected chi connectivity index (χ3v) is 8.49. The van der Waals surface area contributed by atoms with Crippen LogP contribution >= 0.6 is 0 Å². The van der Waals surface area contributed by atoms with Crippen LogP contribution in [0.15, 0.2) is 0 Å². The molecule has 172 valence electrons. The second kappa shape index (κ2) is 10.1. The Kier molecular flexibility index (Phi) is 7.23. The second-order valence-electron chi connectivity index (χ2n) is 10.3. The van der Waals surface area contributed by atoms with Gasteiger partial charge in [-0.05, 0) is 19.3 Å². The molecule has 4 heterocycles. The van der Waals surface area contributed by atoms with E-state index in [0.29, 0.717) is 24.0 Å². The Labute approximate surface area is 181 Å². The summed E-state index contributed by atoms with van der Waals surface area (Å²) in [6.45, 7) is 7.40. The summed E-state index contributed by atoms with van der Waals surface area (Å²) in [5.74, 6) is 1.09. The van der Waals surface area contributed by atoms with Crippen LogP contribution in [-0.2, 0) is 9.57 Å². The minimum absolute atomic E-state index is 0.0898. The van der Waals surface area contributed by atoms with Crippen molar-refractivity contribution in [3.05, 3.63) is 0 Å². The Hall–Kier alpha value is -0.320. The van der Waals surface area contributed by atoms with E-state index in [1.165, 1.54) is 51.5 Å². The molecule has 8 heteroatoms. The van der Waals surface area contributed by atoms with E-state index in [9.17, 15) is 5.11 Å². The number of morpholine rings is 1. The van der Waals surface area contributed by atoms with Crippen molar-refractivity contribution in [3.63, 3.8) is 0 Å². The minimum atomic E-state index is -0.0898. The fourth-order valence-corrected chi connectivity index (χ4v) is 6.64. The van der Waals surface area contributed by atoms with Crippen molar-refractivity contribution in [2.45, 2.75) is 82.1 Å². The van der Waals surface area contributed by atoms with E-state index in [1.807, 2.05) is 0 Å². The van der Waals surface area contributed by atoms with Crippen molar-refractivity contribution in [3.8, 4) is 0 Å². The van der Waals surface area contributed by atoms with Gasteiger partial charge in [0.05, 0.1) is 45.1 Å². The fourth-order valence-electron chi connectivity index (χ4n) is 6.64. The molecule has 1 aliphatic carbocycles. The van der Waals surface area contributed by atoms with Gasteiger partial charge in [-0.1, -0.05) is 12.8 Å². The van der Waals surface area contributed by atoms with E-state index >= 15 is 0 Å². The third kappa shape index (κ3) is 4.86. The summed E-state index contributed by atoms with van der Waals surface area (Å²) in [7, 11) is 0. The van der Waals surface area contributed by atoms with Crippen LogP contribution in [-0.4, -0.2) is 86.6 Å². The molecule has 8 unspecified atom stereocenters. The molecule has 4 saturated heterocycles. The maximum Gasteiger partial charge on any atom is 0.183 e. The zero-order valence-electron chi connectivity index (χ0n) is 18.4. The lowest BCUT2D eigenvalue weighted by Crippen LogP contribution is -3.16. The number of piperidine rings is 1. The Morgan fingerprint density at radius 1 is 1.03 bits per heavy atom. The van der Waals surface area contributed by atoms with Crippen LogP contribution in [0.2, 0.25) is 0 Å². The highest BCUT2D eigenvalue weighted by Gasteiger charge is 2.45. The van der Waals surface area contributed by atoms with E-state index in [4.69, 9.17) is 9.57 Å². The van der Waals surface area contributed by atoms with Crippen molar-refractivity contribution in [2.75, 3.05) is 45.9 Å². The van der Waals surface area contributed by atoms with Gasteiger partial charge < -0.3 is 20.1 Å². The number of hydrogen-bond acceptors (Lipinski definition) is 6. The Bertz CT molecular complexity index is 541. The SMILES string of the molecule is OC1CCCCC1C[NH+]1CCCC1C1NC(C2CCC(N3CCOCC3)[NH2+]C2)NO1. The first-order valence-electron chi connectivity index (χ1n) is 12.6. The molecule has 6 N–H and O–H groups in total. The summed E-state index contributed by atoms with van der Waals surface area (Å²) >= 11 is 0. The molecule has 5 rings (SSSR count). The quantitative estimate of drug-likeness (QED) is 0.350. The summed E-state index contributed by atoms with van der Waals surface area (Å²) in [5, 5.41) is 16.8. The monoisotopic (exact) mass is 425 g/mol. The molecule has 0 aromatic rings. The molecule has 0 bridgehead atoms. The molecule has 4 aliphatic heterocycles. The average molecular weight is 426 g/mol. The summed E-state index contributed by atoms with van der Waals surface area (Å²) in [6, 6.07) is 0.505. The van der Waals surface area contributed by atoms with E-state index in [2.05, 4.69) is 21.0 Å².